The monoisotopic (exact) mass is 468 g/mol. The topological polar surface area (TPSA) is 91.7 Å². The number of carboxylic acids is 1. The van der Waals surface area contributed by atoms with Crippen molar-refractivity contribution in [3.63, 3.8) is 0 Å². The Hall–Kier alpha value is -1.75. The van der Waals surface area contributed by atoms with Crippen LogP contribution in [0.25, 0.3) is 0 Å². The zero-order valence-corrected chi connectivity index (χ0v) is 21.4. The summed E-state index contributed by atoms with van der Waals surface area (Å²) in [5, 5.41) is 22.6. The van der Waals surface area contributed by atoms with Gasteiger partial charge in [0.1, 0.15) is 11.9 Å². The van der Waals surface area contributed by atoms with E-state index in [4.69, 9.17) is 0 Å². The predicted molar refractivity (Wildman–Crippen MR) is 129 cm³/mol. The number of hydrogen-bond donors (Lipinski definition) is 2. The highest BCUT2D eigenvalue weighted by atomic mass is 16.4. The van der Waals surface area contributed by atoms with Crippen LogP contribution in [-0.4, -0.2) is 33.9 Å². The number of carbonyl (C=O) groups excluding carboxylic acids is 2. The van der Waals surface area contributed by atoms with Crippen molar-refractivity contribution in [3.05, 3.63) is 23.3 Å². The van der Waals surface area contributed by atoms with E-state index >= 15 is 0 Å². The van der Waals surface area contributed by atoms with Gasteiger partial charge in [0, 0.05) is 5.41 Å². The molecule has 0 heterocycles. The minimum Gasteiger partial charge on any atom is -0.480 e. The van der Waals surface area contributed by atoms with E-state index in [0.717, 1.165) is 37.5 Å². The number of aliphatic carboxylic acids is 1. The second-order valence-corrected chi connectivity index (χ2v) is 13.7. The lowest BCUT2D eigenvalue weighted by molar-refractivity contribution is -0.184. The summed E-state index contributed by atoms with van der Waals surface area (Å²) in [5.41, 5.74) is -3.08. The molecule has 5 heteroatoms. The maximum atomic E-state index is 13.7. The quantitative estimate of drug-likeness (QED) is 0.426. The normalized spacial score (nSPS) is 49.4. The van der Waals surface area contributed by atoms with Gasteiger partial charge >= 0.3 is 5.97 Å². The van der Waals surface area contributed by atoms with Crippen molar-refractivity contribution in [2.75, 3.05) is 0 Å². The van der Waals surface area contributed by atoms with Crippen LogP contribution in [0, 0.1) is 38.9 Å². The van der Waals surface area contributed by atoms with E-state index in [9.17, 15) is 24.6 Å². The summed E-state index contributed by atoms with van der Waals surface area (Å²) in [6, 6.07) is 0. The van der Waals surface area contributed by atoms with Crippen LogP contribution in [-0.2, 0) is 14.4 Å². The van der Waals surface area contributed by atoms with Crippen LogP contribution in [0.3, 0.4) is 0 Å². The first kappa shape index (κ1) is 24.0. The fraction of sp³-hybridized carbons (Fsp3) is 0.759. The molecule has 0 radical (unpaired) electrons. The van der Waals surface area contributed by atoms with Gasteiger partial charge in [-0.2, -0.15) is 0 Å². The van der Waals surface area contributed by atoms with Crippen molar-refractivity contribution in [3.8, 4) is 0 Å². The van der Waals surface area contributed by atoms with Crippen molar-refractivity contribution in [2.45, 2.75) is 98.0 Å². The van der Waals surface area contributed by atoms with Crippen molar-refractivity contribution in [1.82, 2.24) is 0 Å². The summed E-state index contributed by atoms with van der Waals surface area (Å²) in [4.78, 5) is 38.3. The molecule has 5 rings (SSSR count). The number of carboxylic acid groups (broad SMARTS) is 1. The number of aliphatic hydroxyl groups is 1. The van der Waals surface area contributed by atoms with E-state index in [2.05, 4.69) is 27.7 Å². The zero-order valence-electron chi connectivity index (χ0n) is 21.4. The van der Waals surface area contributed by atoms with Gasteiger partial charge < -0.3 is 15.0 Å². The summed E-state index contributed by atoms with van der Waals surface area (Å²) in [6.45, 7) is 11.3. The molecule has 0 saturated heterocycles. The minimum atomic E-state index is -1.91. The van der Waals surface area contributed by atoms with Crippen LogP contribution in [0.1, 0.15) is 92.4 Å². The largest absolute Gasteiger partial charge is 0.480 e. The predicted octanol–water partition coefficient (Wildman–Crippen LogP) is 5.27. The summed E-state index contributed by atoms with van der Waals surface area (Å²) in [6.07, 6.45) is 11.1. The zero-order chi connectivity index (χ0) is 24.9. The van der Waals surface area contributed by atoms with Gasteiger partial charge in [0.15, 0.2) is 11.2 Å². The minimum absolute atomic E-state index is 0.0256. The second kappa shape index (κ2) is 6.93. The molecule has 34 heavy (non-hydrogen) atoms. The van der Waals surface area contributed by atoms with Gasteiger partial charge in [-0.05, 0) is 96.7 Å². The van der Waals surface area contributed by atoms with E-state index in [-0.39, 0.29) is 35.5 Å². The molecule has 5 aliphatic rings. The Morgan fingerprint density at radius 2 is 1.71 bits per heavy atom. The number of carbonyl (C=O) groups is 3. The molecule has 186 valence electrons. The average Bonchev–Trinajstić information content (AvgIpc) is 2.73. The van der Waals surface area contributed by atoms with Gasteiger partial charge in [-0.1, -0.05) is 47.1 Å². The first-order chi connectivity index (χ1) is 15.7. The van der Waals surface area contributed by atoms with Gasteiger partial charge in [0.2, 0.25) is 0 Å². The van der Waals surface area contributed by atoms with Gasteiger partial charge in [-0.25, -0.2) is 0 Å². The van der Waals surface area contributed by atoms with Crippen LogP contribution in [0.15, 0.2) is 23.3 Å². The molecule has 2 N–H and O–H groups in total. The third-order valence-electron chi connectivity index (χ3n) is 11.5. The Kier molecular flexibility index (Phi) is 4.88. The van der Waals surface area contributed by atoms with E-state index < -0.39 is 28.2 Å². The number of allylic oxidation sites excluding steroid dienone is 2. The Bertz CT molecular complexity index is 1040. The van der Waals surface area contributed by atoms with E-state index in [1.807, 2.05) is 6.08 Å². The lowest BCUT2D eigenvalue weighted by atomic mass is 9.38. The molecule has 7 unspecified atom stereocenters. The van der Waals surface area contributed by atoms with Crippen LogP contribution >= 0.6 is 0 Å². The lowest BCUT2D eigenvalue weighted by Crippen LogP contribution is -2.67. The SMILES string of the molecule is CC1(C=O)CCC2(C(=O)O)C(=O)C=C3C(=CCC4C3(C)CCC3C(C)(C)CCCC34C)C2(O)C1. The van der Waals surface area contributed by atoms with Crippen LogP contribution in [0.4, 0.5) is 0 Å². The molecule has 0 aliphatic heterocycles. The van der Waals surface area contributed by atoms with Gasteiger partial charge in [-0.15, -0.1) is 0 Å². The van der Waals surface area contributed by atoms with Gasteiger partial charge in [0.05, 0.1) is 0 Å². The summed E-state index contributed by atoms with van der Waals surface area (Å²) in [5.74, 6) is -0.833. The first-order valence-corrected chi connectivity index (χ1v) is 13.1. The third kappa shape index (κ3) is 2.68. The fourth-order valence-electron chi connectivity index (χ4n) is 9.69. The van der Waals surface area contributed by atoms with Crippen molar-refractivity contribution in [2.24, 2.45) is 38.9 Å². The lowest BCUT2D eigenvalue weighted by Gasteiger charge is -2.66. The molecule has 5 aliphatic carbocycles. The highest BCUT2D eigenvalue weighted by Gasteiger charge is 2.71. The van der Waals surface area contributed by atoms with Crippen molar-refractivity contribution in [1.29, 1.82) is 0 Å². The molecule has 0 spiro atoms. The Labute approximate surface area is 203 Å². The molecular weight excluding hydrogens is 428 g/mol. The van der Waals surface area contributed by atoms with Gasteiger partial charge in [0.25, 0.3) is 0 Å². The molecule has 5 nitrogen and oxygen atoms in total. The smallest absolute Gasteiger partial charge is 0.320 e. The molecule has 0 amide bonds. The summed E-state index contributed by atoms with van der Waals surface area (Å²) >= 11 is 0. The van der Waals surface area contributed by atoms with Crippen molar-refractivity contribution >= 4 is 18.0 Å². The van der Waals surface area contributed by atoms with E-state index in [0.29, 0.717) is 17.4 Å². The molecule has 0 aromatic carbocycles. The van der Waals surface area contributed by atoms with Crippen LogP contribution in [0.5, 0.6) is 0 Å². The van der Waals surface area contributed by atoms with Crippen LogP contribution < -0.4 is 0 Å². The standard InChI is InChI=1S/C29H40O5/c1-24(2)10-6-11-27(5)20(24)9-12-26(4)19-15-22(31)28(23(32)33)14-13-25(3,17-30)16-29(28,34)18(19)7-8-21(26)27/h7,15,17,20-21,34H,6,8-14,16H2,1-5H3,(H,32,33). The maximum absolute atomic E-state index is 13.7. The fourth-order valence-corrected chi connectivity index (χ4v) is 9.69. The summed E-state index contributed by atoms with van der Waals surface area (Å²) < 4.78 is 0. The number of aldehydes is 1. The number of ketones is 1. The summed E-state index contributed by atoms with van der Waals surface area (Å²) in [7, 11) is 0. The molecular formula is C29H40O5. The molecule has 7 atom stereocenters. The number of fused-ring (bicyclic) bond motifs is 7. The third-order valence-corrected chi connectivity index (χ3v) is 11.5. The molecule has 3 fully saturated rings. The Morgan fingerprint density at radius 1 is 1.00 bits per heavy atom. The number of hydrogen-bond acceptors (Lipinski definition) is 4. The highest BCUT2D eigenvalue weighted by molar-refractivity contribution is 6.13. The van der Waals surface area contributed by atoms with Crippen LogP contribution in [0.2, 0.25) is 0 Å². The molecule has 3 saturated carbocycles. The highest BCUT2D eigenvalue weighted by Crippen LogP contribution is 2.71. The Morgan fingerprint density at radius 3 is 2.35 bits per heavy atom. The first-order valence-electron chi connectivity index (χ1n) is 13.1. The second-order valence-electron chi connectivity index (χ2n) is 13.7. The number of rotatable bonds is 2. The molecule has 0 bridgehead atoms. The van der Waals surface area contributed by atoms with E-state index in [1.54, 1.807) is 13.0 Å². The van der Waals surface area contributed by atoms with E-state index in [1.165, 1.54) is 12.8 Å². The maximum Gasteiger partial charge on any atom is 0.320 e. The molecule has 0 aromatic heterocycles. The molecule has 0 aromatic rings. The Balaban J connectivity index is 1.68. The average molecular weight is 469 g/mol. The van der Waals surface area contributed by atoms with Crippen molar-refractivity contribution < 1.29 is 24.6 Å². The van der Waals surface area contributed by atoms with Gasteiger partial charge in [-0.3, -0.25) is 9.59 Å².